The lowest BCUT2D eigenvalue weighted by Gasteiger charge is -2.06. The number of hydrogen-bond donors (Lipinski definition) is 0. The quantitative estimate of drug-likeness (QED) is 0.499. The first-order chi connectivity index (χ1) is 10.7. The average Bonchev–Trinajstić information content (AvgIpc) is 2.54. The van der Waals surface area contributed by atoms with Crippen LogP contribution in [0.15, 0.2) is 53.4 Å². The fourth-order valence-electron chi connectivity index (χ4n) is 2.00. The van der Waals surface area contributed by atoms with E-state index in [0.717, 1.165) is 23.7 Å². The Morgan fingerprint density at radius 2 is 1.68 bits per heavy atom. The number of ether oxygens (including phenoxy) is 1. The van der Waals surface area contributed by atoms with E-state index < -0.39 is 0 Å². The molecule has 2 aromatic rings. The zero-order valence-electron chi connectivity index (χ0n) is 13.2. The fourth-order valence-corrected chi connectivity index (χ4v) is 2.74. The van der Waals surface area contributed by atoms with Gasteiger partial charge in [-0.15, -0.1) is 0 Å². The van der Waals surface area contributed by atoms with Gasteiger partial charge < -0.3 is 4.74 Å². The summed E-state index contributed by atoms with van der Waals surface area (Å²) < 4.78 is 5.66. The Hall–Kier alpha value is -1.74. The molecule has 3 heteroatoms. The normalized spacial score (nSPS) is 10.5. The van der Waals surface area contributed by atoms with Crippen molar-refractivity contribution in [3.8, 4) is 5.75 Å². The van der Waals surface area contributed by atoms with Gasteiger partial charge in [-0.25, -0.2) is 0 Å². The van der Waals surface area contributed by atoms with Crippen molar-refractivity contribution in [2.75, 3.05) is 6.61 Å². The highest BCUT2D eigenvalue weighted by atomic mass is 32.2. The van der Waals surface area contributed by atoms with Crippen LogP contribution in [0.25, 0.3) is 0 Å². The summed E-state index contributed by atoms with van der Waals surface area (Å²) in [5.41, 5.74) is 1.90. The number of rotatable bonds is 7. The van der Waals surface area contributed by atoms with Crippen LogP contribution in [0, 0.1) is 6.92 Å². The highest BCUT2D eigenvalue weighted by Crippen LogP contribution is 2.24. The molecule has 0 aliphatic heterocycles. The molecule has 0 spiro atoms. The number of carbonyl (C=O) groups is 1. The van der Waals surface area contributed by atoms with E-state index in [0.29, 0.717) is 5.56 Å². The van der Waals surface area contributed by atoms with Gasteiger partial charge in [0, 0.05) is 10.5 Å². The van der Waals surface area contributed by atoms with E-state index in [1.54, 1.807) is 0 Å². The monoisotopic (exact) mass is 314 g/mol. The van der Waals surface area contributed by atoms with Gasteiger partial charge in [0.05, 0.1) is 6.61 Å². The second-order valence-electron chi connectivity index (χ2n) is 5.28. The molecule has 0 heterocycles. The van der Waals surface area contributed by atoms with Crippen LogP contribution in [0.5, 0.6) is 5.75 Å². The molecule has 22 heavy (non-hydrogen) atoms. The number of thioether (sulfide) groups is 1. The highest BCUT2D eigenvalue weighted by Gasteiger charge is 2.08. The summed E-state index contributed by atoms with van der Waals surface area (Å²) in [6.07, 6.45) is 3.44. The van der Waals surface area contributed by atoms with E-state index in [9.17, 15) is 4.79 Å². The summed E-state index contributed by atoms with van der Waals surface area (Å²) in [6.45, 7) is 4.95. The lowest BCUT2D eigenvalue weighted by molar-refractivity contribution is 0.108. The molecule has 2 rings (SSSR count). The summed E-state index contributed by atoms with van der Waals surface area (Å²) in [5.74, 6) is 0.827. The van der Waals surface area contributed by atoms with Crippen LogP contribution >= 0.6 is 11.8 Å². The van der Waals surface area contributed by atoms with Gasteiger partial charge >= 0.3 is 0 Å². The third-order valence-corrected chi connectivity index (χ3v) is 4.27. The van der Waals surface area contributed by atoms with Crippen LogP contribution in [0.2, 0.25) is 0 Å². The molecule has 0 fully saturated rings. The van der Waals surface area contributed by atoms with Crippen molar-refractivity contribution in [3.63, 3.8) is 0 Å². The molecule has 0 unspecified atom stereocenters. The molecule has 0 radical (unpaired) electrons. The van der Waals surface area contributed by atoms with Crippen molar-refractivity contribution < 1.29 is 9.53 Å². The third-order valence-electron chi connectivity index (χ3n) is 3.34. The summed E-state index contributed by atoms with van der Waals surface area (Å²) in [7, 11) is 0. The standard InChI is InChI=1S/C19H22O2S/c1-3-4-5-14-21-17-10-8-16(9-11-17)19(20)22-18-12-6-15(2)7-13-18/h6-13H,3-5,14H2,1-2H3. The minimum atomic E-state index is 0.0568. The SMILES string of the molecule is CCCCCOc1ccc(C(=O)Sc2ccc(C)cc2)cc1. The van der Waals surface area contributed by atoms with Crippen molar-refractivity contribution in [3.05, 3.63) is 59.7 Å². The summed E-state index contributed by atoms with van der Waals surface area (Å²) >= 11 is 1.26. The van der Waals surface area contributed by atoms with Crippen molar-refractivity contribution in [2.24, 2.45) is 0 Å². The zero-order chi connectivity index (χ0) is 15.8. The van der Waals surface area contributed by atoms with Crippen LogP contribution in [0.3, 0.4) is 0 Å². The van der Waals surface area contributed by atoms with Gasteiger partial charge in [0.2, 0.25) is 5.12 Å². The van der Waals surface area contributed by atoms with E-state index in [1.807, 2.05) is 55.5 Å². The van der Waals surface area contributed by atoms with Gasteiger partial charge in [0.25, 0.3) is 0 Å². The second kappa shape index (κ2) is 8.64. The Morgan fingerprint density at radius 3 is 2.32 bits per heavy atom. The van der Waals surface area contributed by atoms with Crippen molar-refractivity contribution in [1.82, 2.24) is 0 Å². The van der Waals surface area contributed by atoms with Crippen LogP contribution in [0.4, 0.5) is 0 Å². The molecular formula is C19H22O2S. The lowest BCUT2D eigenvalue weighted by atomic mass is 10.2. The number of hydrogen-bond acceptors (Lipinski definition) is 3. The molecule has 2 aromatic carbocycles. The fraction of sp³-hybridized carbons (Fsp3) is 0.316. The Kier molecular flexibility index (Phi) is 6.53. The third kappa shape index (κ3) is 5.23. The molecule has 0 N–H and O–H groups in total. The van der Waals surface area contributed by atoms with E-state index in [-0.39, 0.29) is 5.12 Å². The molecule has 0 saturated heterocycles. The molecule has 0 aliphatic rings. The molecular weight excluding hydrogens is 292 g/mol. The maximum atomic E-state index is 12.2. The van der Waals surface area contributed by atoms with Crippen molar-refractivity contribution >= 4 is 16.9 Å². The van der Waals surface area contributed by atoms with Gasteiger partial charge in [-0.1, -0.05) is 37.5 Å². The van der Waals surface area contributed by atoms with Crippen molar-refractivity contribution in [2.45, 2.75) is 38.0 Å². The lowest BCUT2D eigenvalue weighted by Crippen LogP contribution is -1.98. The predicted molar refractivity (Wildman–Crippen MR) is 92.8 cm³/mol. The topological polar surface area (TPSA) is 26.3 Å². The van der Waals surface area contributed by atoms with E-state index >= 15 is 0 Å². The highest BCUT2D eigenvalue weighted by molar-refractivity contribution is 8.14. The molecule has 0 saturated carbocycles. The average molecular weight is 314 g/mol. The van der Waals surface area contributed by atoms with Gasteiger partial charge in [-0.05, 0) is 61.5 Å². The first-order valence-electron chi connectivity index (χ1n) is 7.71. The Morgan fingerprint density at radius 1 is 1.00 bits per heavy atom. The molecule has 116 valence electrons. The molecule has 0 aliphatic carbocycles. The van der Waals surface area contributed by atoms with E-state index in [1.165, 1.54) is 30.2 Å². The van der Waals surface area contributed by atoms with Crippen molar-refractivity contribution in [1.29, 1.82) is 0 Å². The van der Waals surface area contributed by atoms with Gasteiger partial charge in [0.1, 0.15) is 5.75 Å². The summed E-state index contributed by atoms with van der Waals surface area (Å²) in [5, 5.41) is 0.0568. The predicted octanol–water partition coefficient (Wildman–Crippen LogP) is 5.50. The maximum absolute atomic E-state index is 12.2. The van der Waals surface area contributed by atoms with Crippen LogP contribution < -0.4 is 4.74 Å². The smallest absolute Gasteiger partial charge is 0.224 e. The molecule has 0 amide bonds. The summed E-state index contributed by atoms with van der Waals surface area (Å²) in [6, 6.07) is 15.4. The first-order valence-corrected chi connectivity index (χ1v) is 8.52. The summed E-state index contributed by atoms with van der Waals surface area (Å²) in [4.78, 5) is 13.2. The van der Waals surface area contributed by atoms with Crippen LogP contribution in [0.1, 0.15) is 42.1 Å². The maximum Gasteiger partial charge on any atom is 0.224 e. The number of benzene rings is 2. The number of unbranched alkanes of at least 4 members (excludes halogenated alkanes) is 2. The molecule has 0 atom stereocenters. The van der Waals surface area contributed by atoms with Gasteiger partial charge in [0.15, 0.2) is 0 Å². The number of aryl methyl sites for hydroxylation is 1. The number of carbonyl (C=O) groups excluding carboxylic acids is 1. The van der Waals surface area contributed by atoms with Crippen LogP contribution in [-0.2, 0) is 0 Å². The Balaban J connectivity index is 1.89. The zero-order valence-corrected chi connectivity index (χ0v) is 14.0. The van der Waals surface area contributed by atoms with Gasteiger partial charge in [-0.3, -0.25) is 4.79 Å². The minimum absolute atomic E-state index is 0.0568. The van der Waals surface area contributed by atoms with E-state index in [4.69, 9.17) is 4.74 Å². The molecule has 0 aromatic heterocycles. The minimum Gasteiger partial charge on any atom is -0.494 e. The molecule has 0 bridgehead atoms. The Labute approximate surface area is 136 Å². The van der Waals surface area contributed by atoms with E-state index in [2.05, 4.69) is 6.92 Å². The largest absolute Gasteiger partial charge is 0.494 e. The van der Waals surface area contributed by atoms with Gasteiger partial charge in [-0.2, -0.15) is 0 Å². The second-order valence-corrected chi connectivity index (χ2v) is 6.33. The first kappa shape index (κ1) is 16.6. The molecule has 2 nitrogen and oxygen atoms in total. The van der Waals surface area contributed by atoms with Crippen LogP contribution in [-0.4, -0.2) is 11.7 Å². The Bertz CT molecular complexity index is 588.